The van der Waals surface area contributed by atoms with Crippen molar-refractivity contribution in [2.24, 2.45) is 0 Å². The number of hydrogen-bond donors (Lipinski definition) is 0. The quantitative estimate of drug-likeness (QED) is 0.233. The number of para-hydroxylation sites is 3. The first kappa shape index (κ1) is 20.7. The number of benzene rings is 6. The number of fused-ring (bicyclic) bond motifs is 10. The largest absolute Gasteiger partial charge is 0.451 e. The molecule has 9 aromatic rings. The van der Waals surface area contributed by atoms with Gasteiger partial charge in [0.25, 0.3) is 0 Å². The number of furan rings is 1. The zero-order chi connectivity index (χ0) is 25.5. The molecule has 39 heavy (non-hydrogen) atoms. The Hall–Kier alpha value is -5.28. The van der Waals surface area contributed by atoms with Gasteiger partial charge in [-0.3, -0.25) is 0 Å². The molecule has 0 unspecified atom stereocenters. The zero-order valence-electron chi connectivity index (χ0n) is 21.0. The summed E-state index contributed by atoms with van der Waals surface area (Å²) in [7, 11) is 0. The molecule has 0 aliphatic carbocycles. The predicted octanol–water partition coefficient (Wildman–Crippen LogP) is 9.78. The van der Waals surface area contributed by atoms with Crippen molar-refractivity contribution < 1.29 is 4.42 Å². The van der Waals surface area contributed by atoms with Crippen molar-refractivity contribution >= 4 is 65.6 Å². The highest BCUT2D eigenvalue weighted by atomic mass is 16.3. The van der Waals surface area contributed by atoms with Gasteiger partial charge in [0.15, 0.2) is 11.2 Å². The Morgan fingerprint density at radius 3 is 1.82 bits per heavy atom. The molecule has 0 amide bonds. The van der Waals surface area contributed by atoms with E-state index in [0.29, 0.717) is 0 Å². The molecule has 0 N–H and O–H groups in total. The van der Waals surface area contributed by atoms with E-state index in [0.717, 1.165) is 49.9 Å². The van der Waals surface area contributed by atoms with Crippen molar-refractivity contribution in [1.29, 1.82) is 0 Å². The van der Waals surface area contributed by atoms with Crippen molar-refractivity contribution in [2.45, 2.75) is 0 Å². The lowest BCUT2D eigenvalue weighted by Gasteiger charge is -2.10. The second-order valence-corrected chi connectivity index (χ2v) is 10.2. The van der Waals surface area contributed by atoms with Crippen LogP contribution < -0.4 is 0 Å². The lowest BCUT2D eigenvalue weighted by atomic mass is 10.1. The molecule has 0 spiro atoms. The van der Waals surface area contributed by atoms with Crippen LogP contribution in [0.5, 0.6) is 0 Å². The summed E-state index contributed by atoms with van der Waals surface area (Å²) in [5.74, 6) is 0. The fraction of sp³-hybridized carbons (Fsp3) is 0. The summed E-state index contributed by atoms with van der Waals surface area (Å²) < 4.78 is 11.6. The van der Waals surface area contributed by atoms with Crippen molar-refractivity contribution in [3.05, 3.63) is 133 Å². The third-order valence-electron chi connectivity index (χ3n) is 8.08. The highest BCUT2D eigenvalue weighted by molar-refractivity contribution is 6.24. The summed E-state index contributed by atoms with van der Waals surface area (Å²) in [6.45, 7) is 0. The van der Waals surface area contributed by atoms with Gasteiger partial charge in [0.05, 0.1) is 16.6 Å². The average molecular weight is 499 g/mol. The van der Waals surface area contributed by atoms with Gasteiger partial charge >= 0.3 is 0 Å². The van der Waals surface area contributed by atoms with Gasteiger partial charge in [-0.15, -0.1) is 0 Å². The topological polar surface area (TPSA) is 23.0 Å². The Balaban J connectivity index is 1.48. The van der Waals surface area contributed by atoms with Crippen LogP contribution in [0.2, 0.25) is 0 Å². The number of aromatic nitrogens is 2. The van der Waals surface area contributed by atoms with Gasteiger partial charge in [0.2, 0.25) is 0 Å². The van der Waals surface area contributed by atoms with Crippen LogP contribution >= 0.6 is 0 Å². The van der Waals surface area contributed by atoms with E-state index in [1.54, 1.807) is 0 Å². The number of rotatable bonds is 2. The minimum Gasteiger partial charge on any atom is -0.451 e. The Bertz CT molecular complexity index is 2390. The van der Waals surface area contributed by atoms with Crippen LogP contribution in [-0.2, 0) is 0 Å². The molecule has 0 saturated heterocycles. The van der Waals surface area contributed by atoms with Gasteiger partial charge in [-0.25, -0.2) is 0 Å². The molecule has 0 aliphatic heterocycles. The maximum atomic E-state index is 6.92. The lowest BCUT2D eigenvalue weighted by molar-refractivity contribution is 0.675. The van der Waals surface area contributed by atoms with Gasteiger partial charge in [-0.1, -0.05) is 84.9 Å². The summed E-state index contributed by atoms with van der Waals surface area (Å²) in [6.07, 6.45) is 0. The second-order valence-electron chi connectivity index (χ2n) is 10.2. The Kier molecular flexibility index (Phi) is 4.05. The average Bonchev–Trinajstić information content (AvgIpc) is 3.64. The molecule has 0 aliphatic rings. The first-order chi connectivity index (χ1) is 19.4. The first-order valence-corrected chi connectivity index (χ1v) is 13.3. The van der Waals surface area contributed by atoms with Gasteiger partial charge in [-0.05, 0) is 59.3 Å². The second kappa shape index (κ2) is 7.62. The molecule has 0 fully saturated rings. The molecule has 182 valence electrons. The minimum absolute atomic E-state index is 0.914. The van der Waals surface area contributed by atoms with Crippen molar-refractivity contribution in [3.8, 4) is 11.4 Å². The minimum atomic E-state index is 0.914. The molecule has 0 atom stereocenters. The van der Waals surface area contributed by atoms with E-state index >= 15 is 0 Å². The highest BCUT2D eigenvalue weighted by Gasteiger charge is 2.23. The van der Waals surface area contributed by atoms with Crippen LogP contribution in [0.4, 0.5) is 0 Å². The molecular formula is C36H22N2O. The third kappa shape index (κ3) is 2.76. The smallest absolute Gasteiger partial charge is 0.161 e. The van der Waals surface area contributed by atoms with Gasteiger partial charge in [-0.2, -0.15) is 0 Å². The van der Waals surface area contributed by atoms with E-state index in [1.165, 1.54) is 27.1 Å². The molecule has 3 heteroatoms. The highest BCUT2D eigenvalue weighted by Crippen LogP contribution is 2.44. The van der Waals surface area contributed by atoms with Crippen LogP contribution in [0.25, 0.3) is 76.9 Å². The van der Waals surface area contributed by atoms with Crippen molar-refractivity contribution in [1.82, 2.24) is 9.13 Å². The molecule has 3 heterocycles. The maximum Gasteiger partial charge on any atom is 0.161 e. The molecule has 0 saturated carbocycles. The predicted molar refractivity (Wildman–Crippen MR) is 162 cm³/mol. The normalized spacial score (nSPS) is 12.1. The van der Waals surface area contributed by atoms with E-state index in [-0.39, 0.29) is 0 Å². The molecule has 3 nitrogen and oxygen atoms in total. The molecule has 0 radical (unpaired) electrons. The van der Waals surface area contributed by atoms with E-state index in [9.17, 15) is 0 Å². The SMILES string of the molecule is c1ccc(-n2c3ccccc3c3oc4c(ccc5c6ccccc6n(-c6ccc7ccccc7c6)c54)c32)cc1. The van der Waals surface area contributed by atoms with E-state index in [2.05, 4.69) is 143 Å². The summed E-state index contributed by atoms with van der Waals surface area (Å²) in [5, 5.41) is 7.10. The van der Waals surface area contributed by atoms with Crippen LogP contribution in [-0.4, -0.2) is 9.13 Å². The van der Waals surface area contributed by atoms with E-state index in [4.69, 9.17) is 4.42 Å². The molecule has 9 rings (SSSR count). The van der Waals surface area contributed by atoms with Crippen molar-refractivity contribution in [2.75, 3.05) is 0 Å². The Morgan fingerprint density at radius 1 is 0.385 bits per heavy atom. The fourth-order valence-corrected chi connectivity index (χ4v) is 6.40. The van der Waals surface area contributed by atoms with Gasteiger partial charge < -0.3 is 13.6 Å². The first-order valence-electron chi connectivity index (χ1n) is 13.3. The van der Waals surface area contributed by atoms with Crippen molar-refractivity contribution in [3.63, 3.8) is 0 Å². The van der Waals surface area contributed by atoms with E-state index < -0.39 is 0 Å². The number of nitrogens with zero attached hydrogens (tertiary/aromatic N) is 2. The molecule has 0 bridgehead atoms. The standard InChI is InChI=1S/C36H22N2O/c1-2-12-25(13-3-1)37-32-17-9-7-15-29(32)35-34(37)30-21-20-28-27-14-6-8-16-31(27)38(33(28)36(30)39-35)26-19-18-23-10-4-5-11-24(23)22-26/h1-22H. The summed E-state index contributed by atoms with van der Waals surface area (Å²) in [5.41, 5.74) is 8.62. The van der Waals surface area contributed by atoms with Gasteiger partial charge in [0.1, 0.15) is 5.52 Å². The summed E-state index contributed by atoms with van der Waals surface area (Å²) in [6, 6.07) is 47.5. The van der Waals surface area contributed by atoms with Gasteiger partial charge in [0, 0.05) is 32.9 Å². The summed E-state index contributed by atoms with van der Waals surface area (Å²) in [4.78, 5) is 0. The molecule has 6 aromatic carbocycles. The van der Waals surface area contributed by atoms with Crippen LogP contribution in [0, 0.1) is 0 Å². The lowest BCUT2D eigenvalue weighted by Crippen LogP contribution is -1.95. The van der Waals surface area contributed by atoms with Crippen LogP contribution in [0.1, 0.15) is 0 Å². The Morgan fingerprint density at radius 2 is 0.974 bits per heavy atom. The number of hydrogen-bond acceptors (Lipinski definition) is 1. The maximum absolute atomic E-state index is 6.92. The Labute approximate surface area is 223 Å². The van der Waals surface area contributed by atoms with Crippen LogP contribution in [0.3, 0.4) is 0 Å². The zero-order valence-corrected chi connectivity index (χ0v) is 21.0. The molecular weight excluding hydrogens is 476 g/mol. The molecule has 3 aromatic heterocycles. The summed E-state index contributed by atoms with van der Waals surface area (Å²) >= 11 is 0. The van der Waals surface area contributed by atoms with E-state index in [1.807, 2.05) is 0 Å². The fourth-order valence-electron chi connectivity index (χ4n) is 6.40. The van der Waals surface area contributed by atoms with Crippen LogP contribution in [0.15, 0.2) is 138 Å². The monoisotopic (exact) mass is 498 g/mol. The third-order valence-corrected chi connectivity index (χ3v) is 8.08.